The minimum atomic E-state index is -0.150. The van der Waals surface area contributed by atoms with Gasteiger partial charge in [0.15, 0.2) is 0 Å². The Kier molecular flexibility index (Phi) is 6.38. The van der Waals surface area contributed by atoms with Gasteiger partial charge < -0.3 is 0 Å². The first kappa shape index (κ1) is 30.0. The second-order valence-corrected chi connectivity index (χ2v) is 14.8. The van der Waals surface area contributed by atoms with E-state index in [1.165, 1.54) is 104 Å². The molecule has 1 radical (unpaired) electrons. The molecule has 2 aliphatic carbocycles. The van der Waals surface area contributed by atoms with Gasteiger partial charge in [-0.2, -0.15) is 0 Å². The fourth-order valence-electron chi connectivity index (χ4n) is 9.29. The van der Waals surface area contributed by atoms with Crippen LogP contribution in [-0.2, 0) is 43.5 Å². The summed E-state index contributed by atoms with van der Waals surface area (Å²) in [6, 6.07) is 49.4. The molecular weight excluding hydrogens is 653 g/mol. The zero-order chi connectivity index (χ0) is 31.8. The van der Waals surface area contributed by atoms with E-state index in [1.807, 2.05) is 0 Å². The van der Waals surface area contributed by atoms with E-state index in [9.17, 15) is 0 Å². The molecule has 0 N–H and O–H groups in total. The summed E-state index contributed by atoms with van der Waals surface area (Å²) in [4.78, 5) is 0. The summed E-state index contributed by atoms with van der Waals surface area (Å²) in [5.41, 5.74) is 14.9. The molecule has 0 nitrogen and oxygen atoms in total. The largest absolute Gasteiger partial charge is 0.143 e. The summed E-state index contributed by atoms with van der Waals surface area (Å²) in [7, 11) is 0. The first-order valence-electron chi connectivity index (χ1n) is 16.9. The first-order chi connectivity index (χ1) is 22.8. The van der Waals surface area contributed by atoms with Crippen molar-refractivity contribution in [2.24, 2.45) is 0 Å². The minimum Gasteiger partial charge on any atom is -0.143 e. The zero-order valence-corrected chi connectivity index (χ0v) is 31.0. The van der Waals surface area contributed by atoms with Gasteiger partial charge in [0.2, 0.25) is 0 Å². The second-order valence-electron chi connectivity index (χ2n) is 14.8. The van der Waals surface area contributed by atoms with E-state index in [-0.39, 0.29) is 43.5 Å². The molecule has 0 saturated carbocycles. The second kappa shape index (κ2) is 10.2. The van der Waals surface area contributed by atoms with Crippen molar-refractivity contribution in [1.82, 2.24) is 0 Å². The maximum Gasteiger partial charge on any atom is 0.0159 e. The number of hydrogen-bond acceptors (Lipinski definition) is 0. The van der Waals surface area contributed by atoms with Crippen molar-refractivity contribution in [3.05, 3.63) is 155 Å². The molecule has 0 bridgehead atoms. The van der Waals surface area contributed by atoms with Gasteiger partial charge >= 0.3 is 0 Å². The van der Waals surface area contributed by atoms with Crippen LogP contribution in [0.4, 0.5) is 0 Å². The van der Waals surface area contributed by atoms with E-state index >= 15 is 0 Å². The fourth-order valence-corrected chi connectivity index (χ4v) is 9.29. The molecular formula is C47H35Y-. The van der Waals surface area contributed by atoms with Crippen LogP contribution in [0.3, 0.4) is 0 Å². The van der Waals surface area contributed by atoms with Crippen molar-refractivity contribution in [2.75, 3.05) is 0 Å². The molecule has 8 aromatic carbocycles. The van der Waals surface area contributed by atoms with Crippen LogP contribution in [0.15, 0.2) is 121 Å². The summed E-state index contributed by atoms with van der Waals surface area (Å²) in [6.45, 7) is 11.9. The molecule has 1 heteroatoms. The maximum atomic E-state index is 3.62. The van der Waals surface area contributed by atoms with Crippen LogP contribution >= 0.6 is 0 Å². The molecule has 2 aliphatic rings. The maximum absolute atomic E-state index is 3.62. The van der Waals surface area contributed by atoms with Crippen LogP contribution in [0.5, 0.6) is 0 Å². The van der Waals surface area contributed by atoms with Crippen molar-refractivity contribution in [3.8, 4) is 33.4 Å². The van der Waals surface area contributed by atoms with Crippen molar-refractivity contribution >= 4 is 43.1 Å². The number of rotatable bonds is 1. The summed E-state index contributed by atoms with van der Waals surface area (Å²) in [5.74, 6) is 0. The molecule has 8 aromatic rings. The predicted molar refractivity (Wildman–Crippen MR) is 201 cm³/mol. The van der Waals surface area contributed by atoms with Gasteiger partial charge in [-0.25, -0.2) is 0 Å². The van der Waals surface area contributed by atoms with Crippen molar-refractivity contribution in [2.45, 2.75) is 45.4 Å². The fraction of sp³-hybridized carbons (Fsp3) is 0.149. The van der Waals surface area contributed by atoms with E-state index in [0.29, 0.717) is 0 Å². The number of benzene rings is 8. The molecule has 0 atom stereocenters. The molecule has 0 amide bonds. The summed E-state index contributed by atoms with van der Waals surface area (Å²) < 4.78 is 0. The van der Waals surface area contributed by atoms with Crippen LogP contribution in [0.2, 0.25) is 0 Å². The van der Waals surface area contributed by atoms with Gasteiger partial charge in [-0.15, -0.1) is 40.6 Å². The SMILES string of the molecule is Cc1cc2c(c3ccccc13)-c1c(cc(-c3cc4c(c5ccccc35)-c3c(c[c-]c5ccccc35)C4(C)C)c3ccccc13)C2(C)C.[Y]. The van der Waals surface area contributed by atoms with Gasteiger partial charge in [0.1, 0.15) is 0 Å². The van der Waals surface area contributed by atoms with E-state index in [4.69, 9.17) is 0 Å². The van der Waals surface area contributed by atoms with Crippen LogP contribution in [0, 0.1) is 13.0 Å². The monoisotopic (exact) mass is 688 g/mol. The third-order valence-electron chi connectivity index (χ3n) is 11.7. The molecule has 0 spiro atoms. The standard InChI is InChI=1S/C47H35.Y/c1-27-24-39-43(33-19-11-8-15-29(27)33)45-35-21-13-10-18-32(35)37(26-41(45)47(39,4)5)36-25-40-44(34-20-12-9-17-31(34)36)42-30-16-7-6-14-28(30)22-23-38(42)46(40,2)3;/h6-21,23-26H,1-5H3;/q-1;. The van der Waals surface area contributed by atoms with Gasteiger partial charge in [-0.05, 0) is 107 Å². The molecule has 48 heavy (non-hydrogen) atoms. The Morgan fingerprint density at radius 2 is 0.792 bits per heavy atom. The molecule has 0 saturated heterocycles. The number of hydrogen-bond donors (Lipinski definition) is 0. The molecule has 0 fully saturated rings. The predicted octanol–water partition coefficient (Wildman–Crippen LogP) is 12.7. The van der Waals surface area contributed by atoms with Crippen LogP contribution < -0.4 is 0 Å². The third kappa shape index (κ3) is 3.74. The average Bonchev–Trinajstić information content (AvgIpc) is 3.47. The summed E-state index contributed by atoms with van der Waals surface area (Å²) in [5, 5.41) is 10.5. The van der Waals surface area contributed by atoms with Crippen molar-refractivity contribution < 1.29 is 32.7 Å². The third-order valence-corrected chi connectivity index (χ3v) is 11.7. The Bertz CT molecular complexity index is 2690. The van der Waals surface area contributed by atoms with Gasteiger partial charge in [-0.3, -0.25) is 0 Å². The Morgan fingerprint density at radius 1 is 0.417 bits per heavy atom. The molecule has 10 rings (SSSR count). The minimum absolute atomic E-state index is 0. The van der Waals surface area contributed by atoms with Crippen LogP contribution in [-0.4, -0.2) is 0 Å². The Labute approximate surface area is 307 Å². The smallest absolute Gasteiger partial charge is 0.0159 e. The summed E-state index contributed by atoms with van der Waals surface area (Å²) >= 11 is 0. The quantitative estimate of drug-likeness (QED) is 0.151. The van der Waals surface area contributed by atoms with E-state index in [2.05, 4.69) is 162 Å². The van der Waals surface area contributed by atoms with Crippen molar-refractivity contribution in [3.63, 3.8) is 0 Å². The first-order valence-corrected chi connectivity index (χ1v) is 16.9. The molecule has 227 valence electrons. The van der Waals surface area contributed by atoms with Crippen molar-refractivity contribution in [1.29, 1.82) is 0 Å². The Hall–Kier alpha value is -4.10. The Morgan fingerprint density at radius 3 is 1.33 bits per heavy atom. The summed E-state index contributed by atoms with van der Waals surface area (Å²) in [6.07, 6.45) is 0. The van der Waals surface area contributed by atoms with Gasteiger partial charge in [0.25, 0.3) is 0 Å². The topological polar surface area (TPSA) is 0 Å². The average molecular weight is 689 g/mol. The zero-order valence-electron chi connectivity index (χ0n) is 28.1. The number of fused-ring (bicyclic) bond motifs is 14. The van der Waals surface area contributed by atoms with E-state index < -0.39 is 0 Å². The normalized spacial score (nSPS) is 14.9. The van der Waals surface area contributed by atoms with Gasteiger partial charge in [-0.1, -0.05) is 124 Å². The molecule has 0 unspecified atom stereocenters. The molecule has 0 aromatic heterocycles. The van der Waals surface area contributed by atoms with Gasteiger partial charge in [0.05, 0.1) is 0 Å². The Balaban J connectivity index is 0.00000314. The number of aryl methyl sites for hydroxylation is 1. The van der Waals surface area contributed by atoms with E-state index in [1.54, 1.807) is 0 Å². The van der Waals surface area contributed by atoms with Crippen LogP contribution in [0.25, 0.3) is 76.5 Å². The van der Waals surface area contributed by atoms with Crippen LogP contribution in [0.1, 0.15) is 55.5 Å². The van der Waals surface area contributed by atoms with E-state index in [0.717, 1.165) is 0 Å². The van der Waals surface area contributed by atoms with Gasteiger partial charge in [0, 0.05) is 38.1 Å². The molecule has 0 heterocycles. The molecule has 0 aliphatic heterocycles.